The normalized spacial score (nSPS) is 12.2. The topological polar surface area (TPSA) is 29.1 Å². The van der Waals surface area contributed by atoms with E-state index < -0.39 is 0 Å². The summed E-state index contributed by atoms with van der Waals surface area (Å²) in [6.45, 7) is 2.02. The van der Waals surface area contributed by atoms with E-state index in [0.717, 1.165) is 11.3 Å². The number of rotatable bonds is 4. The Labute approximate surface area is 123 Å². The average Bonchev–Trinajstić information content (AvgIpc) is 2.89. The molecule has 1 N–H and O–H groups in total. The molecule has 0 aliphatic heterocycles. The zero-order chi connectivity index (χ0) is 13.8. The van der Waals surface area contributed by atoms with Gasteiger partial charge in [-0.2, -0.15) is 0 Å². The van der Waals surface area contributed by atoms with Crippen molar-refractivity contribution in [3.05, 3.63) is 56.4 Å². The van der Waals surface area contributed by atoms with E-state index in [4.69, 9.17) is 0 Å². The molecule has 0 aliphatic rings. The lowest BCUT2D eigenvalue weighted by Gasteiger charge is -2.16. The third kappa shape index (κ3) is 3.42. The van der Waals surface area contributed by atoms with Gasteiger partial charge in [-0.1, -0.05) is 13.0 Å². The van der Waals surface area contributed by atoms with Crippen LogP contribution in [0.3, 0.4) is 0 Å². The van der Waals surface area contributed by atoms with Gasteiger partial charge in [-0.25, -0.2) is 4.39 Å². The molecule has 2 rings (SSSR count). The molecule has 19 heavy (non-hydrogen) atoms. The Morgan fingerprint density at radius 3 is 2.84 bits per heavy atom. The van der Waals surface area contributed by atoms with Gasteiger partial charge in [0, 0.05) is 9.35 Å². The maximum absolute atomic E-state index is 13.0. The highest BCUT2D eigenvalue weighted by Gasteiger charge is 2.16. The first-order valence-corrected chi connectivity index (χ1v) is 7.58. The van der Waals surface area contributed by atoms with Crippen LogP contribution < -0.4 is 5.32 Å². The minimum absolute atomic E-state index is 0.00977. The van der Waals surface area contributed by atoms with Crippen molar-refractivity contribution in [1.82, 2.24) is 5.32 Å². The second kappa shape index (κ2) is 6.30. The molecule has 2 aromatic rings. The summed E-state index contributed by atoms with van der Waals surface area (Å²) < 4.78 is 13.5. The Bertz CT molecular complexity index is 571. The maximum Gasteiger partial charge on any atom is 0.252 e. The molecular weight excluding hydrogens is 329 g/mol. The zero-order valence-corrected chi connectivity index (χ0v) is 12.7. The number of carbonyl (C=O) groups excluding carboxylic acids is 1. The second-order valence-electron chi connectivity index (χ2n) is 4.07. The predicted octanol–water partition coefficient (Wildman–Crippen LogP) is 4.53. The van der Waals surface area contributed by atoms with Crippen LogP contribution in [0.25, 0.3) is 0 Å². The van der Waals surface area contributed by atoms with E-state index in [1.54, 1.807) is 11.3 Å². The van der Waals surface area contributed by atoms with Crippen molar-refractivity contribution >= 4 is 33.2 Å². The molecule has 1 amide bonds. The number of thiophene rings is 1. The summed E-state index contributed by atoms with van der Waals surface area (Å²) in [5.41, 5.74) is 0.441. The van der Waals surface area contributed by atoms with Crippen LogP contribution >= 0.6 is 27.3 Å². The summed E-state index contributed by atoms with van der Waals surface area (Å²) in [4.78, 5) is 13.3. The molecule has 1 aromatic carbocycles. The van der Waals surface area contributed by atoms with Crippen molar-refractivity contribution in [1.29, 1.82) is 0 Å². The van der Waals surface area contributed by atoms with Gasteiger partial charge >= 0.3 is 0 Å². The molecule has 0 bridgehead atoms. The number of halogens is 2. The van der Waals surface area contributed by atoms with Crippen molar-refractivity contribution in [2.75, 3.05) is 0 Å². The largest absolute Gasteiger partial charge is 0.344 e. The van der Waals surface area contributed by atoms with Gasteiger partial charge in [-0.3, -0.25) is 4.79 Å². The minimum atomic E-state index is -0.367. The quantitative estimate of drug-likeness (QED) is 0.869. The van der Waals surface area contributed by atoms with Gasteiger partial charge in [0.25, 0.3) is 5.91 Å². The van der Waals surface area contributed by atoms with Gasteiger partial charge in [0.1, 0.15) is 5.82 Å². The fraction of sp³-hybridized carbons (Fsp3) is 0.214. The summed E-state index contributed by atoms with van der Waals surface area (Å²) in [6, 6.07) is 8.01. The molecule has 5 heteroatoms. The molecule has 0 spiro atoms. The number of nitrogens with one attached hydrogen (secondary N) is 1. The van der Waals surface area contributed by atoms with Crippen molar-refractivity contribution in [3.63, 3.8) is 0 Å². The first-order chi connectivity index (χ1) is 9.11. The highest BCUT2D eigenvalue weighted by molar-refractivity contribution is 9.10. The van der Waals surface area contributed by atoms with Crippen LogP contribution in [0.5, 0.6) is 0 Å². The molecule has 2 nitrogen and oxygen atoms in total. The number of carbonyl (C=O) groups is 1. The third-order valence-corrected chi connectivity index (χ3v) is 4.42. The average molecular weight is 342 g/mol. The SMILES string of the molecule is CCC(NC(=O)c1ccc(F)cc1Br)c1cccs1. The maximum atomic E-state index is 13.0. The molecule has 0 radical (unpaired) electrons. The number of hydrogen-bond acceptors (Lipinski definition) is 2. The smallest absolute Gasteiger partial charge is 0.252 e. The van der Waals surface area contributed by atoms with E-state index in [-0.39, 0.29) is 17.8 Å². The molecule has 100 valence electrons. The molecule has 1 atom stereocenters. The van der Waals surface area contributed by atoms with E-state index >= 15 is 0 Å². The lowest BCUT2D eigenvalue weighted by molar-refractivity contribution is 0.0935. The fourth-order valence-electron chi connectivity index (χ4n) is 1.77. The predicted molar refractivity (Wildman–Crippen MR) is 78.9 cm³/mol. The molecular formula is C14H13BrFNOS. The summed E-state index contributed by atoms with van der Waals surface area (Å²) >= 11 is 4.82. The summed E-state index contributed by atoms with van der Waals surface area (Å²) in [5.74, 6) is -0.569. The van der Waals surface area contributed by atoms with Gasteiger partial charge in [-0.15, -0.1) is 11.3 Å². The van der Waals surface area contributed by atoms with E-state index in [1.807, 2.05) is 24.4 Å². The van der Waals surface area contributed by atoms with Crippen molar-refractivity contribution in [2.24, 2.45) is 0 Å². The van der Waals surface area contributed by atoms with Crippen LogP contribution in [-0.2, 0) is 0 Å². The van der Waals surface area contributed by atoms with E-state index in [0.29, 0.717) is 10.0 Å². The van der Waals surface area contributed by atoms with Gasteiger partial charge < -0.3 is 5.32 Å². The molecule has 0 saturated heterocycles. The summed E-state index contributed by atoms with van der Waals surface area (Å²) in [7, 11) is 0. The van der Waals surface area contributed by atoms with Crippen LogP contribution in [0.15, 0.2) is 40.2 Å². The van der Waals surface area contributed by atoms with Gasteiger partial charge in [0.15, 0.2) is 0 Å². The molecule has 0 fully saturated rings. The Hall–Kier alpha value is -1.20. The monoisotopic (exact) mass is 341 g/mol. The van der Waals surface area contributed by atoms with Crippen molar-refractivity contribution in [3.8, 4) is 0 Å². The lowest BCUT2D eigenvalue weighted by Crippen LogP contribution is -2.27. The Morgan fingerprint density at radius 2 is 2.26 bits per heavy atom. The fourth-order valence-corrected chi connectivity index (χ4v) is 3.17. The van der Waals surface area contributed by atoms with E-state index in [9.17, 15) is 9.18 Å². The lowest BCUT2D eigenvalue weighted by atomic mass is 10.1. The highest BCUT2D eigenvalue weighted by atomic mass is 79.9. The summed E-state index contributed by atoms with van der Waals surface area (Å²) in [6.07, 6.45) is 0.811. The third-order valence-electron chi connectivity index (χ3n) is 2.78. The van der Waals surface area contributed by atoms with Crippen LogP contribution in [0.2, 0.25) is 0 Å². The first kappa shape index (κ1) is 14.2. The highest BCUT2D eigenvalue weighted by Crippen LogP contribution is 2.24. The molecule has 0 aliphatic carbocycles. The van der Waals surface area contributed by atoms with Crippen molar-refractivity contribution in [2.45, 2.75) is 19.4 Å². The summed E-state index contributed by atoms with van der Waals surface area (Å²) in [5, 5.41) is 4.95. The van der Waals surface area contributed by atoms with E-state index in [2.05, 4.69) is 21.2 Å². The number of benzene rings is 1. The van der Waals surface area contributed by atoms with Crippen LogP contribution in [0.1, 0.15) is 34.6 Å². The molecule has 1 heterocycles. The van der Waals surface area contributed by atoms with Crippen molar-refractivity contribution < 1.29 is 9.18 Å². The molecule has 0 saturated carbocycles. The molecule has 1 aromatic heterocycles. The zero-order valence-electron chi connectivity index (χ0n) is 10.3. The van der Waals surface area contributed by atoms with Gasteiger partial charge in [-0.05, 0) is 52.0 Å². The van der Waals surface area contributed by atoms with Crippen LogP contribution in [0, 0.1) is 5.82 Å². The standard InChI is InChI=1S/C14H13BrFNOS/c1-2-12(13-4-3-7-19-13)17-14(18)10-6-5-9(16)8-11(10)15/h3-8,12H,2H2,1H3,(H,17,18). The van der Waals surface area contributed by atoms with Gasteiger partial charge in [0.2, 0.25) is 0 Å². The second-order valence-corrected chi connectivity index (χ2v) is 5.91. The number of hydrogen-bond donors (Lipinski definition) is 1. The molecule has 1 unspecified atom stereocenters. The number of amides is 1. The van der Waals surface area contributed by atoms with Gasteiger partial charge in [0.05, 0.1) is 11.6 Å². The van der Waals surface area contributed by atoms with Crippen LogP contribution in [0.4, 0.5) is 4.39 Å². The van der Waals surface area contributed by atoms with Crippen LogP contribution in [-0.4, -0.2) is 5.91 Å². The Kier molecular flexibility index (Phi) is 4.71. The first-order valence-electron chi connectivity index (χ1n) is 5.91. The Morgan fingerprint density at radius 1 is 1.47 bits per heavy atom. The minimum Gasteiger partial charge on any atom is -0.344 e. The Balaban J connectivity index is 2.16. The van der Waals surface area contributed by atoms with E-state index in [1.165, 1.54) is 18.2 Å².